The van der Waals surface area contributed by atoms with E-state index in [0.717, 1.165) is 6.07 Å². The Morgan fingerprint density at radius 1 is 1.30 bits per heavy atom. The quantitative estimate of drug-likeness (QED) is 0.938. The number of nitrogens with zero attached hydrogens (tertiary/aromatic N) is 2. The summed E-state index contributed by atoms with van der Waals surface area (Å²) >= 11 is 0. The number of halogens is 3. The van der Waals surface area contributed by atoms with Crippen LogP contribution in [0.1, 0.15) is 35.7 Å². The Bertz CT molecular complexity index is 712. The number of nitrogens with one attached hydrogen (secondary N) is 1. The highest BCUT2D eigenvalue weighted by molar-refractivity contribution is 5.78. The van der Waals surface area contributed by atoms with Gasteiger partial charge in [0.05, 0.1) is 12.0 Å². The predicted octanol–water partition coefficient (Wildman–Crippen LogP) is 2.50. The molecule has 0 radical (unpaired) electrons. The lowest BCUT2D eigenvalue weighted by Crippen LogP contribution is -2.27. The Hall–Kier alpha value is -2.38. The van der Waals surface area contributed by atoms with Gasteiger partial charge in [0.1, 0.15) is 0 Å². The Kier molecular flexibility index (Phi) is 4.06. The fourth-order valence-electron chi connectivity index (χ4n) is 2.61. The van der Waals surface area contributed by atoms with E-state index in [1.807, 2.05) is 0 Å². The van der Waals surface area contributed by atoms with Crippen LogP contribution < -0.4 is 5.32 Å². The first-order chi connectivity index (χ1) is 10.9. The van der Waals surface area contributed by atoms with Gasteiger partial charge in [0.2, 0.25) is 11.8 Å². The van der Waals surface area contributed by atoms with E-state index in [0.29, 0.717) is 25.1 Å². The molecule has 8 heteroatoms. The molecule has 1 amide bonds. The third kappa shape index (κ3) is 3.69. The third-order valence-corrected chi connectivity index (χ3v) is 3.69. The molecular formula is C15H14F3N3O2. The lowest BCUT2D eigenvalue weighted by atomic mass is 10.0. The molecule has 23 heavy (non-hydrogen) atoms. The molecule has 1 N–H and O–H groups in total. The Balaban J connectivity index is 1.71. The van der Waals surface area contributed by atoms with E-state index < -0.39 is 11.7 Å². The van der Waals surface area contributed by atoms with Gasteiger partial charge in [-0.1, -0.05) is 23.4 Å². The van der Waals surface area contributed by atoms with Crippen LogP contribution in [0, 0.1) is 0 Å². The number of rotatable bonds is 4. The Morgan fingerprint density at radius 2 is 2.09 bits per heavy atom. The minimum absolute atomic E-state index is 0.0159. The van der Waals surface area contributed by atoms with Crippen molar-refractivity contribution in [3.63, 3.8) is 0 Å². The Morgan fingerprint density at radius 3 is 2.78 bits per heavy atom. The number of hydrogen-bond acceptors (Lipinski definition) is 4. The standard InChI is InChI=1S/C15H14F3N3O2/c16-15(17,18)11-4-2-1-3-9(11)7-14-20-12(21-23-14)8-10-5-6-13(22)19-10/h1-4,10H,5-8H2,(H,19,22). The normalized spacial score (nSPS) is 18.2. The highest BCUT2D eigenvalue weighted by Gasteiger charge is 2.33. The van der Waals surface area contributed by atoms with E-state index in [1.54, 1.807) is 0 Å². The summed E-state index contributed by atoms with van der Waals surface area (Å²) in [5.74, 6) is 0.496. The van der Waals surface area contributed by atoms with Crippen LogP contribution in [0.15, 0.2) is 28.8 Å². The molecule has 1 unspecified atom stereocenters. The van der Waals surface area contributed by atoms with Crippen molar-refractivity contribution in [1.29, 1.82) is 0 Å². The van der Waals surface area contributed by atoms with E-state index in [-0.39, 0.29) is 29.8 Å². The maximum Gasteiger partial charge on any atom is 0.416 e. The molecule has 2 heterocycles. The largest absolute Gasteiger partial charge is 0.416 e. The molecular weight excluding hydrogens is 311 g/mol. The molecule has 5 nitrogen and oxygen atoms in total. The molecule has 0 saturated carbocycles. The van der Waals surface area contributed by atoms with Gasteiger partial charge >= 0.3 is 6.18 Å². The molecule has 1 atom stereocenters. The van der Waals surface area contributed by atoms with Crippen molar-refractivity contribution in [1.82, 2.24) is 15.5 Å². The molecule has 1 aliphatic rings. The summed E-state index contributed by atoms with van der Waals surface area (Å²) in [7, 11) is 0. The average molecular weight is 325 g/mol. The second-order valence-corrected chi connectivity index (χ2v) is 5.44. The van der Waals surface area contributed by atoms with E-state index in [1.165, 1.54) is 18.2 Å². The molecule has 0 aliphatic carbocycles. The van der Waals surface area contributed by atoms with Crippen LogP contribution in [0.4, 0.5) is 13.2 Å². The van der Waals surface area contributed by atoms with Crippen molar-refractivity contribution >= 4 is 5.91 Å². The van der Waals surface area contributed by atoms with Crippen LogP contribution in [0.3, 0.4) is 0 Å². The molecule has 2 aromatic rings. The summed E-state index contributed by atoms with van der Waals surface area (Å²) in [6.45, 7) is 0. The van der Waals surface area contributed by atoms with Gasteiger partial charge in [-0.15, -0.1) is 0 Å². The smallest absolute Gasteiger partial charge is 0.353 e. The molecule has 1 aromatic carbocycles. The first-order valence-electron chi connectivity index (χ1n) is 7.18. The van der Waals surface area contributed by atoms with E-state index >= 15 is 0 Å². The summed E-state index contributed by atoms with van der Waals surface area (Å²) in [5.41, 5.74) is -0.618. The summed E-state index contributed by atoms with van der Waals surface area (Å²) in [6.07, 6.45) is -2.93. The zero-order valence-corrected chi connectivity index (χ0v) is 12.1. The van der Waals surface area contributed by atoms with Crippen molar-refractivity contribution in [2.45, 2.75) is 37.9 Å². The SMILES string of the molecule is O=C1CCC(Cc2noc(Cc3ccccc3C(F)(F)F)n2)N1. The van der Waals surface area contributed by atoms with Gasteiger partial charge in [-0.25, -0.2) is 0 Å². The number of alkyl halides is 3. The summed E-state index contributed by atoms with van der Waals surface area (Å²) in [6, 6.07) is 5.25. The van der Waals surface area contributed by atoms with Gasteiger partial charge in [-0.3, -0.25) is 4.79 Å². The van der Waals surface area contributed by atoms with Crippen LogP contribution in [0.2, 0.25) is 0 Å². The van der Waals surface area contributed by atoms with Gasteiger partial charge in [0.15, 0.2) is 5.82 Å². The first kappa shape index (κ1) is 15.5. The van der Waals surface area contributed by atoms with Crippen LogP contribution in [-0.4, -0.2) is 22.1 Å². The highest BCUT2D eigenvalue weighted by Crippen LogP contribution is 2.32. The molecule has 0 spiro atoms. The molecule has 3 rings (SSSR count). The fourth-order valence-corrected chi connectivity index (χ4v) is 2.61. The molecule has 1 fully saturated rings. The topological polar surface area (TPSA) is 68.0 Å². The zero-order valence-electron chi connectivity index (χ0n) is 12.1. The zero-order chi connectivity index (χ0) is 16.4. The van der Waals surface area contributed by atoms with Gasteiger partial charge in [-0.2, -0.15) is 18.2 Å². The van der Waals surface area contributed by atoms with Crippen molar-refractivity contribution in [3.8, 4) is 0 Å². The lowest BCUT2D eigenvalue weighted by Gasteiger charge is -2.10. The summed E-state index contributed by atoms with van der Waals surface area (Å²) in [5, 5.41) is 6.56. The van der Waals surface area contributed by atoms with Crippen LogP contribution in [-0.2, 0) is 23.8 Å². The van der Waals surface area contributed by atoms with E-state index in [4.69, 9.17) is 4.52 Å². The van der Waals surface area contributed by atoms with Gasteiger partial charge in [0.25, 0.3) is 0 Å². The number of carbonyl (C=O) groups is 1. The molecule has 0 bridgehead atoms. The molecule has 122 valence electrons. The van der Waals surface area contributed by atoms with Crippen molar-refractivity contribution < 1.29 is 22.5 Å². The Labute approximate surface area is 129 Å². The fraction of sp³-hybridized carbons (Fsp3) is 0.400. The van der Waals surface area contributed by atoms with Gasteiger partial charge < -0.3 is 9.84 Å². The molecule has 1 aromatic heterocycles. The van der Waals surface area contributed by atoms with Crippen LogP contribution in [0.25, 0.3) is 0 Å². The number of benzene rings is 1. The van der Waals surface area contributed by atoms with Gasteiger partial charge in [-0.05, 0) is 18.1 Å². The highest BCUT2D eigenvalue weighted by atomic mass is 19.4. The monoisotopic (exact) mass is 325 g/mol. The van der Waals surface area contributed by atoms with Gasteiger partial charge in [0, 0.05) is 18.9 Å². The average Bonchev–Trinajstić information content (AvgIpc) is 3.08. The lowest BCUT2D eigenvalue weighted by molar-refractivity contribution is -0.138. The summed E-state index contributed by atoms with van der Waals surface area (Å²) in [4.78, 5) is 15.3. The summed E-state index contributed by atoms with van der Waals surface area (Å²) < 4.78 is 43.9. The minimum atomic E-state index is -4.42. The maximum absolute atomic E-state index is 13.0. The van der Waals surface area contributed by atoms with Crippen molar-refractivity contribution in [2.75, 3.05) is 0 Å². The van der Waals surface area contributed by atoms with E-state index in [9.17, 15) is 18.0 Å². The maximum atomic E-state index is 13.0. The molecule has 1 aliphatic heterocycles. The number of aromatic nitrogens is 2. The van der Waals surface area contributed by atoms with Crippen LogP contribution >= 0.6 is 0 Å². The van der Waals surface area contributed by atoms with E-state index in [2.05, 4.69) is 15.5 Å². The number of carbonyl (C=O) groups excluding carboxylic acids is 1. The third-order valence-electron chi connectivity index (χ3n) is 3.69. The number of hydrogen-bond donors (Lipinski definition) is 1. The van der Waals surface area contributed by atoms with Crippen molar-refractivity contribution in [2.24, 2.45) is 0 Å². The molecule has 1 saturated heterocycles. The number of amides is 1. The van der Waals surface area contributed by atoms with Crippen molar-refractivity contribution in [3.05, 3.63) is 47.1 Å². The second kappa shape index (κ2) is 6.02. The first-order valence-corrected chi connectivity index (χ1v) is 7.18. The predicted molar refractivity (Wildman–Crippen MR) is 73.4 cm³/mol. The minimum Gasteiger partial charge on any atom is -0.353 e. The second-order valence-electron chi connectivity index (χ2n) is 5.44. The van der Waals surface area contributed by atoms with Crippen LogP contribution in [0.5, 0.6) is 0 Å².